The van der Waals surface area contributed by atoms with Crippen LogP contribution in [-0.4, -0.2) is 26.0 Å². The van der Waals surface area contributed by atoms with Crippen LogP contribution < -0.4 is 0 Å². The largest absolute Gasteiger partial charge is 0.557 e. The van der Waals surface area contributed by atoms with E-state index in [2.05, 4.69) is 147 Å². The number of hydrogen-bond acceptors (Lipinski definition) is 5. The molecule has 10 aromatic rings. The van der Waals surface area contributed by atoms with Crippen molar-refractivity contribution in [1.29, 1.82) is 0 Å². The summed E-state index contributed by atoms with van der Waals surface area (Å²) in [6.07, 6.45) is 16.2. The number of fused-ring (bicyclic) bond motifs is 7. The van der Waals surface area contributed by atoms with E-state index in [1.807, 2.05) is 37.1 Å². The number of benzene rings is 6. The number of rotatable bonds is 11. The van der Waals surface area contributed by atoms with Gasteiger partial charge in [-0.15, -0.1) is 35.7 Å². The molecule has 4 heterocycles. The van der Waals surface area contributed by atoms with Crippen molar-refractivity contribution in [3.05, 3.63) is 210 Å². The van der Waals surface area contributed by atoms with Gasteiger partial charge in [-0.05, 0) is 115 Å². The van der Waals surface area contributed by atoms with Gasteiger partial charge in [-0.1, -0.05) is 147 Å². The van der Waals surface area contributed by atoms with Gasteiger partial charge in [0, 0.05) is 62.9 Å². The number of pyridine rings is 3. The van der Waals surface area contributed by atoms with E-state index >= 15 is 0 Å². The first-order valence-electron chi connectivity index (χ1n) is 22.0. The summed E-state index contributed by atoms with van der Waals surface area (Å²) in [7, 11) is 0. The van der Waals surface area contributed by atoms with Crippen LogP contribution in [0.5, 0.6) is 0 Å². The van der Waals surface area contributed by atoms with Crippen molar-refractivity contribution in [2.45, 2.75) is 65.2 Å². The van der Waals surface area contributed by atoms with E-state index in [0.717, 1.165) is 47.5 Å². The molecule has 0 unspecified atom stereocenters. The van der Waals surface area contributed by atoms with Gasteiger partial charge in [-0.25, -0.2) is 0 Å². The van der Waals surface area contributed by atoms with Crippen LogP contribution in [0.2, 0.25) is 0 Å². The topological polar surface area (TPSA) is 89.1 Å². The summed E-state index contributed by atoms with van der Waals surface area (Å²) in [4.78, 5) is 24.9. The van der Waals surface area contributed by atoms with Gasteiger partial charge in [0.1, 0.15) is 0 Å². The number of hydrogen-bond donors (Lipinski definition) is 1. The predicted molar refractivity (Wildman–Crippen MR) is 260 cm³/mol. The Bertz CT molecular complexity index is 3190. The molecule has 325 valence electrons. The first-order valence-corrected chi connectivity index (χ1v) is 22.0. The van der Waals surface area contributed by atoms with Gasteiger partial charge in [0.15, 0.2) is 0 Å². The molecule has 0 aliphatic carbocycles. The molecule has 0 saturated carbocycles. The molecule has 65 heavy (non-hydrogen) atoms. The van der Waals surface area contributed by atoms with Crippen LogP contribution in [0.4, 0.5) is 0 Å². The number of aromatic nitrogens is 3. The van der Waals surface area contributed by atoms with E-state index in [1.54, 1.807) is 24.3 Å². The van der Waals surface area contributed by atoms with Gasteiger partial charge < -0.3 is 19.3 Å². The van der Waals surface area contributed by atoms with Gasteiger partial charge >= 0.3 is 0 Å². The van der Waals surface area contributed by atoms with Crippen LogP contribution >= 0.6 is 0 Å². The fourth-order valence-corrected chi connectivity index (χ4v) is 8.60. The Hall–Kier alpha value is -6.79. The van der Waals surface area contributed by atoms with Crippen LogP contribution in [0.25, 0.3) is 65.7 Å². The minimum Gasteiger partial charge on any atom is -0.557 e. The molecule has 4 aromatic heterocycles. The third-order valence-electron chi connectivity index (χ3n) is 12.1. The molecule has 10 rings (SSSR count). The Morgan fingerprint density at radius 1 is 0.569 bits per heavy atom. The quantitative estimate of drug-likeness (QED) is 0.103. The fraction of sp³-hybridized carbons (Fsp3) is 0.172. The molecule has 0 spiro atoms. The van der Waals surface area contributed by atoms with Gasteiger partial charge in [0.25, 0.3) is 5.97 Å². The number of carbonyl (C=O) groups is 1. The van der Waals surface area contributed by atoms with Crippen LogP contribution in [0, 0.1) is 12.3 Å². The SMILES string of the molecule is CC(C)c1cncc(CCc2cc(CCc3cncc(C(C)C)c3)cc(-c3ccccc3-c3cnc4c5[c-]cccc5c5ccccc5c4c3)c2)c1.O=C(O)c1[c-]oc2ccccc12.[Ir]. The predicted octanol–water partition coefficient (Wildman–Crippen LogP) is 14.2. The molecule has 0 fully saturated rings. The zero-order chi connectivity index (χ0) is 44.2. The average Bonchev–Trinajstić information content (AvgIpc) is 3.78. The number of aryl methyl sites for hydroxylation is 4. The van der Waals surface area contributed by atoms with E-state index < -0.39 is 5.97 Å². The standard InChI is InChI=1S/C49H44N3.C9H5O3.Ir/c1-32(2)39-24-36(27-50-29-39)19-17-34-21-35(18-20-37-25-40(33(3)4)30-51-28-37)23-38(22-34)42-11-5-6-12-43(42)41-26-48-46-15-8-7-13-44(46)45-14-9-10-16-47(45)49(48)52-31-41;10-9(11)7-5-12-8-4-2-1-3-6(7)8;/h5-15,21-33H,17-20H2,1-4H3;1-4H,(H,10,11);/q2*-1;. The fourth-order valence-electron chi connectivity index (χ4n) is 8.60. The molecule has 0 bridgehead atoms. The van der Waals surface area contributed by atoms with Crippen LogP contribution in [0.15, 0.2) is 163 Å². The molecule has 0 aliphatic heterocycles. The number of nitrogens with zero attached hydrogens (tertiary/aromatic N) is 3. The number of carboxylic acids is 1. The summed E-state index contributed by atoms with van der Waals surface area (Å²) in [5.41, 5.74) is 14.2. The van der Waals surface area contributed by atoms with Crippen LogP contribution in [-0.2, 0) is 45.8 Å². The molecule has 6 nitrogen and oxygen atoms in total. The Labute approximate surface area is 393 Å². The van der Waals surface area contributed by atoms with Gasteiger partial charge in [-0.2, -0.15) is 0 Å². The zero-order valence-electron chi connectivity index (χ0n) is 36.9. The Morgan fingerprint density at radius 3 is 1.72 bits per heavy atom. The molecular formula is C58H49IrN3O3-2. The van der Waals surface area contributed by atoms with E-state index in [9.17, 15) is 4.79 Å². The number of para-hydroxylation sites is 1. The number of aromatic carboxylic acids is 1. The second-order valence-corrected chi connectivity index (χ2v) is 17.2. The molecule has 0 aliphatic rings. The molecule has 1 N–H and O–H groups in total. The van der Waals surface area contributed by atoms with E-state index in [4.69, 9.17) is 14.5 Å². The van der Waals surface area contributed by atoms with Crippen molar-refractivity contribution in [3.63, 3.8) is 0 Å². The second-order valence-electron chi connectivity index (χ2n) is 17.2. The summed E-state index contributed by atoms with van der Waals surface area (Å²) in [6.45, 7) is 8.92. The Kier molecular flexibility index (Phi) is 13.7. The summed E-state index contributed by atoms with van der Waals surface area (Å²) < 4.78 is 4.90. The zero-order valence-corrected chi connectivity index (χ0v) is 39.3. The van der Waals surface area contributed by atoms with E-state index in [-0.39, 0.29) is 25.7 Å². The first-order chi connectivity index (χ1) is 31.2. The molecular weight excluding hydrogens is 979 g/mol. The average molecular weight is 1030 g/mol. The van der Waals surface area contributed by atoms with Crippen molar-refractivity contribution in [2.24, 2.45) is 0 Å². The number of furan rings is 1. The van der Waals surface area contributed by atoms with Gasteiger partial charge in [0.05, 0.1) is 0 Å². The third kappa shape index (κ3) is 9.83. The molecule has 1 radical (unpaired) electrons. The monoisotopic (exact) mass is 1030 g/mol. The first kappa shape index (κ1) is 44.8. The smallest absolute Gasteiger partial charge is 0.250 e. The van der Waals surface area contributed by atoms with Crippen molar-refractivity contribution < 1.29 is 34.4 Å². The molecule has 7 heteroatoms. The summed E-state index contributed by atoms with van der Waals surface area (Å²) >= 11 is 0. The Balaban J connectivity index is 0.000000383. The second kappa shape index (κ2) is 19.9. The van der Waals surface area contributed by atoms with Crippen molar-refractivity contribution >= 4 is 49.4 Å². The molecule has 0 atom stereocenters. The molecule has 6 aromatic carbocycles. The van der Waals surface area contributed by atoms with Gasteiger partial charge in [-0.3, -0.25) is 9.97 Å². The maximum atomic E-state index is 10.6. The van der Waals surface area contributed by atoms with Crippen LogP contribution in [0.3, 0.4) is 0 Å². The summed E-state index contributed by atoms with van der Waals surface area (Å²) in [5, 5.41) is 15.1. The number of carboxylic acid groups (broad SMARTS) is 1. The summed E-state index contributed by atoms with van der Waals surface area (Å²) in [6, 6.07) is 48.3. The maximum absolute atomic E-state index is 10.6. The van der Waals surface area contributed by atoms with Crippen molar-refractivity contribution in [2.75, 3.05) is 0 Å². The Morgan fingerprint density at radius 2 is 1.11 bits per heavy atom. The van der Waals surface area contributed by atoms with Crippen molar-refractivity contribution in [3.8, 4) is 22.3 Å². The minimum atomic E-state index is -1.01. The van der Waals surface area contributed by atoms with Crippen LogP contribution in [0.1, 0.15) is 83.3 Å². The van der Waals surface area contributed by atoms with E-state index in [1.165, 1.54) is 66.2 Å². The van der Waals surface area contributed by atoms with Gasteiger partial charge in [0.2, 0.25) is 0 Å². The minimum absolute atomic E-state index is 0. The third-order valence-corrected chi connectivity index (χ3v) is 12.1. The summed E-state index contributed by atoms with van der Waals surface area (Å²) in [5.74, 6) is -0.0935. The maximum Gasteiger partial charge on any atom is 0.250 e. The molecule has 0 amide bonds. The van der Waals surface area contributed by atoms with Crippen molar-refractivity contribution in [1.82, 2.24) is 15.0 Å². The molecule has 0 saturated heterocycles. The van der Waals surface area contributed by atoms with E-state index in [0.29, 0.717) is 22.8 Å². The normalized spacial score (nSPS) is 11.3.